The van der Waals surface area contributed by atoms with E-state index in [1.54, 1.807) is 6.07 Å². The van der Waals surface area contributed by atoms with Gasteiger partial charge in [-0.1, -0.05) is 19.9 Å². The van der Waals surface area contributed by atoms with Gasteiger partial charge in [0, 0.05) is 18.7 Å². The number of fused-ring (bicyclic) bond motifs is 1. The first kappa shape index (κ1) is 16.8. The molecular formula is C17H18N4O4. The summed E-state index contributed by atoms with van der Waals surface area (Å²) in [5, 5.41) is 39.3. The van der Waals surface area contributed by atoms with Crippen LogP contribution in [0.2, 0.25) is 0 Å². The first-order valence-corrected chi connectivity index (χ1v) is 7.89. The van der Waals surface area contributed by atoms with Crippen molar-refractivity contribution in [1.82, 2.24) is 15.0 Å². The van der Waals surface area contributed by atoms with Crippen LogP contribution in [0, 0.1) is 10.1 Å². The molecule has 3 aromatic rings. The van der Waals surface area contributed by atoms with Crippen LogP contribution in [0.5, 0.6) is 5.75 Å². The van der Waals surface area contributed by atoms with E-state index in [4.69, 9.17) is 0 Å². The molecule has 0 saturated carbocycles. The fourth-order valence-corrected chi connectivity index (χ4v) is 2.69. The Balaban J connectivity index is 2.17. The lowest BCUT2D eigenvalue weighted by atomic mass is 9.97. The van der Waals surface area contributed by atoms with Crippen LogP contribution in [0.4, 0.5) is 5.69 Å². The molecule has 0 aliphatic carbocycles. The van der Waals surface area contributed by atoms with Gasteiger partial charge in [0.15, 0.2) is 0 Å². The molecule has 3 rings (SSSR count). The molecule has 0 aliphatic rings. The van der Waals surface area contributed by atoms with E-state index in [9.17, 15) is 20.3 Å². The van der Waals surface area contributed by atoms with Gasteiger partial charge in [-0.15, -0.1) is 15.0 Å². The molecule has 1 heterocycles. The molecule has 0 radical (unpaired) electrons. The summed E-state index contributed by atoms with van der Waals surface area (Å²) in [6.45, 7) is 3.90. The molecule has 0 unspecified atom stereocenters. The Bertz CT molecular complexity index is 949. The Labute approximate surface area is 143 Å². The molecule has 0 saturated heterocycles. The number of nitro groups is 1. The minimum Gasteiger partial charge on any atom is -0.505 e. The average molecular weight is 342 g/mol. The Morgan fingerprint density at radius 2 is 1.92 bits per heavy atom. The molecule has 130 valence electrons. The fourth-order valence-electron chi connectivity index (χ4n) is 2.69. The minimum atomic E-state index is -0.491. The highest BCUT2D eigenvalue weighted by atomic mass is 16.6. The summed E-state index contributed by atoms with van der Waals surface area (Å²) < 4.78 is 0. The number of rotatable bonds is 5. The van der Waals surface area contributed by atoms with Crippen molar-refractivity contribution in [2.24, 2.45) is 0 Å². The first-order valence-electron chi connectivity index (χ1n) is 7.89. The highest BCUT2D eigenvalue weighted by Crippen LogP contribution is 2.33. The van der Waals surface area contributed by atoms with E-state index >= 15 is 0 Å². The number of aliphatic hydroxyl groups is 1. The number of nitrogens with zero attached hydrogens (tertiary/aromatic N) is 4. The van der Waals surface area contributed by atoms with Crippen molar-refractivity contribution in [3.05, 3.63) is 51.6 Å². The van der Waals surface area contributed by atoms with E-state index in [0.717, 1.165) is 11.1 Å². The number of benzene rings is 2. The number of aromatic nitrogens is 3. The summed E-state index contributed by atoms with van der Waals surface area (Å²) >= 11 is 0. The predicted molar refractivity (Wildman–Crippen MR) is 92.1 cm³/mol. The zero-order valence-electron chi connectivity index (χ0n) is 13.9. The molecule has 8 nitrogen and oxygen atoms in total. The van der Waals surface area contributed by atoms with Gasteiger partial charge in [0.1, 0.15) is 22.5 Å². The number of hydrogen-bond acceptors (Lipinski definition) is 6. The second kappa shape index (κ2) is 6.48. The molecule has 2 N–H and O–H groups in total. The maximum Gasteiger partial charge on any atom is 0.271 e. The van der Waals surface area contributed by atoms with Crippen molar-refractivity contribution < 1.29 is 15.1 Å². The van der Waals surface area contributed by atoms with Gasteiger partial charge in [0.05, 0.1) is 4.92 Å². The highest BCUT2D eigenvalue weighted by molar-refractivity contribution is 5.77. The van der Waals surface area contributed by atoms with Gasteiger partial charge in [-0.2, -0.15) is 0 Å². The number of aromatic hydroxyl groups is 1. The fraction of sp³-hybridized carbons (Fsp3) is 0.294. The molecule has 1 aromatic heterocycles. The third-order valence-electron chi connectivity index (χ3n) is 3.99. The third-order valence-corrected chi connectivity index (χ3v) is 3.99. The largest absolute Gasteiger partial charge is 0.505 e. The second-order valence-electron chi connectivity index (χ2n) is 6.10. The van der Waals surface area contributed by atoms with E-state index in [1.807, 2.05) is 19.9 Å². The number of nitro benzene ring substituents is 1. The number of hydrogen-bond donors (Lipinski definition) is 2. The zero-order valence-corrected chi connectivity index (χ0v) is 13.9. The second-order valence-corrected chi connectivity index (χ2v) is 6.10. The van der Waals surface area contributed by atoms with Crippen LogP contribution in [-0.2, 0) is 6.42 Å². The van der Waals surface area contributed by atoms with Crippen LogP contribution in [0.3, 0.4) is 0 Å². The maximum absolute atomic E-state index is 10.9. The van der Waals surface area contributed by atoms with Gasteiger partial charge in [0.25, 0.3) is 5.69 Å². The van der Waals surface area contributed by atoms with Crippen LogP contribution in [0.1, 0.15) is 30.9 Å². The topological polar surface area (TPSA) is 114 Å². The van der Waals surface area contributed by atoms with Gasteiger partial charge < -0.3 is 10.2 Å². The van der Waals surface area contributed by atoms with Gasteiger partial charge in [0.2, 0.25) is 0 Å². The third kappa shape index (κ3) is 3.16. The normalized spacial score (nSPS) is 11.4. The van der Waals surface area contributed by atoms with Crippen LogP contribution in [0.25, 0.3) is 16.7 Å². The molecule has 0 bridgehead atoms. The Hall–Kier alpha value is -3.00. The first-order chi connectivity index (χ1) is 11.9. The summed E-state index contributed by atoms with van der Waals surface area (Å²) in [7, 11) is 0. The lowest BCUT2D eigenvalue weighted by molar-refractivity contribution is -0.384. The van der Waals surface area contributed by atoms with Crippen molar-refractivity contribution in [2.75, 3.05) is 6.61 Å². The smallest absolute Gasteiger partial charge is 0.271 e. The van der Waals surface area contributed by atoms with Crippen molar-refractivity contribution >= 4 is 16.7 Å². The molecule has 0 amide bonds. The van der Waals surface area contributed by atoms with Crippen LogP contribution in [-0.4, -0.2) is 36.7 Å². The van der Waals surface area contributed by atoms with Crippen LogP contribution < -0.4 is 0 Å². The molecule has 25 heavy (non-hydrogen) atoms. The number of phenols is 1. The standard InChI is InChI=1S/C17H18N4O4/c1-10(2)13-7-11(5-6-22)8-16(17(13)23)20-18-14-4-3-12(21(24)25)9-15(14)19-20/h3-4,7-10,22-23H,5-6H2,1-2H3. The molecule has 0 spiro atoms. The summed E-state index contributed by atoms with van der Waals surface area (Å²) in [6.07, 6.45) is 0.444. The summed E-state index contributed by atoms with van der Waals surface area (Å²) in [4.78, 5) is 11.7. The zero-order chi connectivity index (χ0) is 18.1. The quantitative estimate of drug-likeness (QED) is 0.544. The predicted octanol–water partition coefficient (Wildman–Crippen LogP) is 2.69. The van der Waals surface area contributed by atoms with Crippen molar-refractivity contribution in [2.45, 2.75) is 26.2 Å². The molecule has 8 heteroatoms. The van der Waals surface area contributed by atoms with Gasteiger partial charge in [-0.3, -0.25) is 10.1 Å². The van der Waals surface area contributed by atoms with Crippen molar-refractivity contribution in [1.29, 1.82) is 0 Å². The molecule has 0 fully saturated rings. The number of non-ortho nitro benzene ring substituents is 1. The molecular weight excluding hydrogens is 324 g/mol. The van der Waals surface area contributed by atoms with Gasteiger partial charge in [-0.05, 0) is 35.6 Å². The van der Waals surface area contributed by atoms with Crippen molar-refractivity contribution in [3.8, 4) is 11.4 Å². The van der Waals surface area contributed by atoms with E-state index in [2.05, 4.69) is 10.2 Å². The Kier molecular flexibility index (Phi) is 4.37. The Morgan fingerprint density at radius 3 is 2.56 bits per heavy atom. The maximum atomic E-state index is 10.9. The summed E-state index contributed by atoms with van der Waals surface area (Å²) in [5.41, 5.74) is 2.75. The van der Waals surface area contributed by atoms with Gasteiger partial charge in [-0.25, -0.2) is 0 Å². The summed E-state index contributed by atoms with van der Waals surface area (Å²) in [6, 6.07) is 7.80. The van der Waals surface area contributed by atoms with Crippen molar-refractivity contribution in [3.63, 3.8) is 0 Å². The number of phenolic OH excluding ortho intramolecular Hbond substituents is 1. The molecule has 0 atom stereocenters. The van der Waals surface area contributed by atoms with Crippen LogP contribution in [0.15, 0.2) is 30.3 Å². The number of aliphatic hydroxyl groups excluding tert-OH is 1. The average Bonchev–Trinajstić information content (AvgIpc) is 2.98. The molecule has 0 aliphatic heterocycles. The van der Waals surface area contributed by atoms with E-state index in [-0.39, 0.29) is 24.0 Å². The van der Waals surface area contributed by atoms with E-state index < -0.39 is 4.92 Å². The Morgan fingerprint density at radius 1 is 1.20 bits per heavy atom. The van der Waals surface area contributed by atoms with E-state index in [0.29, 0.717) is 23.1 Å². The lowest BCUT2D eigenvalue weighted by Crippen LogP contribution is -2.04. The SMILES string of the molecule is CC(C)c1cc(CCO)cc(-n2nc3ccc([N+](=O)[O-])cc3n2)c1O. The monoisotopic (exact) mass is 342 g/mol. The van der Waals surface area contributed by atoms with Crippen LogP contribution >= 0.6 is 0 Å². The minimum absolute atomic E-state index is 0.0115. The molecule has 2 aromatic carbocycles. The van der Waals surface area contributed by atoms with E-state index in [1.165, 1.54) is 23.0 Å². The summed E-state index contributed by atoms with van der Waals surface area (Å²) in [5.74, 6) is 0.134. The lowest BCUT2D eigenvalue weighted by Gasteiger charge is -2.14. The van der Waals surface area contributed by atoms with Gasteiger partial charge >= 0.3 is 0 Å². The highest BCUT2D eigenvalue weighted by Gasteiger charge is 2.17.